The van der Waals surface area contributed by atoms with Crippen LogP contribution in [0.1, 0.15) is 17.5 Å². The number of carbonyl (C=O) groups excluding carboxylic acids is 1. The van der Waals surface area contributed by atoms with E-state index in [1.165, 1.54) is 5.56 Å². The molecule has 3 rings (SSSR count). The lowest BCUT2D eigenvalue weighted by Crippen LogP contribution is -2.41. The first kappa shape index (κ1) is 26.8. The van der Waals surface area contributed by atoms with E-state index in [9.17, 15) is 4.79 Å². The maximum atomic E-state index is 12.4. The number of amides is 1. The molecule has 2 aromatic carbocycles. The van der Waals surface area contributed by atoms with Crippen molar-refractivity contribution < 1.29 is 14.3 Å². The monoisotopic (exact) mass is 566 g/mol. The van der Waals surface area contributed by atoms with Crippen LogP contribution in [0.25, 0.3) is 0 Å². The SMILES string of the molecule is CN=C(NCCc1cc(OC)ccc1OC)NCC1CC(=O)N(CCc2ccccc2)C1.I. The van der Waals surface area contributed by atoms with Gasteiger partial charge in [-0.15, -0.1) is 24.0 Å². The minimum atomic E-state index is 0. The molecule has 2 aromatic rings. The quantitative estimate of drug-likeness (QED) is 0.263. The molecule has 1 heterocycles. The zero-order chi connectivity index (χ0) is 22.8. The topological polar surface area (TPSA) is 75.2 Å². The number of aliphatic imine (C=N–C) groups is 1. The lowest BCUT2D eigenvalue weighted by atomic mass is 10.1. The van der Waals surface area contributed by atoms with Crippen molar-refractivity contribution in [2.24, 2.45) is 10.9 Å². The van der Waals surface area contributed by atoms with E-state index in [0.29, 0.717) is 13.0 Å². The second-order valence-electron chi connectivity index (χ2n) is 7.95. The average Bonchev–Trinajstić information content (AvgIpc) is 3.19. The normalized spacial score (nSPS) is 15.7. The van der Waals surface area contributed by atoms with Crippen LogP contribution in [0.2, 0.25) is 0 Å². The van der Waals surface area contributed by atoms with Crippen molar-refractivity contribution in [1.29, 1.82) is 0 Å². The van der Waals surface area contributed by atoms with Crippen molar-refractivity contribution >= 4 is 35.8 Å². The van der Waals surface area contributed by atoms with Crippen molar-refractivity contribution in [3.05, 3.63) is 59.7 Å². The average molecular weight is 566 g/mol. The van der Waals surface area contributed by atoms with E-state index in [1.54, 1.807) is 21.3 Å². The van der Waals surface area contributed by atoms with Gasteiger partial charge in [-0.05, 0) is 42.2 Å². The summed E-state index contributed by atoms with van der Waals surface area (Å²) in [6.07, 6.45) is 2.25. The van der Waals surface area contributed by atoms with Crippen LogP contribution in [-0.2, 0) is 17.6 Å². The molecule has 1 amide bonds. The maximum Gasteiger partial charge on any atom is 0.223 e. The van der Waals surface area contributed by atoms with Gasteiger partial charge < -0.3 is 25.0 Å². The van der Waals surface area contributed by atoms with Crippen molar-refractivity contribution in [2.45, 2.75) is 19.3 Å². The lowest BCUT2D eigenvalue weighted by Gasteiger charge is -2.18. The molecule has 1 atom stereocenters. The molecule has 1 saturated heterocycles. The van der Waals surface area contributed by atoms with Crippen LogP contribution in [0.5, 0.6) is 11.5 Å². The molecule has 1 aliphatic heterocycles. The zero-order valence-electron chi connectivity index (χ0n) is 19.7. The van der Waals surface area contributed by atoms with Gasteiger partial charge in [-0.2, -0.15) is 0 Å². The van der Waals surface area contributed by atoms with E-state index in [2.05, 4.69) is 27.8 Å². The molecule has 1 fully saturated rings. The Kier molecular flexibility index (Phi) is 11.3. The summed E-state index contributed by atoms with van der Waals surface area (Å²) >= 11 is 0. The maximum absolute atomic E-state index is 12.4. The largest absolute Gasteiger partial charge is 0.497 e. The third-order valence-electron chi connectivity index (χ3n) is 5.76. The summed E-state index contributed by atoms with van der Waals surface area (Å²) in [4.78, 5) is 18.7. The van der Waals surface area contributed by atoms with Gasteiger partial charge in [-0.3, -0.25) is 9.79 Å². The fraction of sp³-hybridized carbons (Fsp3) is 0.440. The van der Waals surface area contributed by atoms with Gasteiger partial charge in [0.05, 0.1) is 14.2 Å². The molecule has 1 aliphatic rings. The fourth-order valence-corrected chi connectivity index (χ4v) is 3.97. The first-order chi connectivity index (χ1) is 15.6. The summed E-state index contributed by atoms with van der Waals surface area (Å²) in [5.41, 5.74) is 2.34. The number of carbonyl (C=O) groups is 1. The second kappa shape index (κ2) is 13.9. The number of hydrogen-bond donors (Lipinski definition) is 2. The number of ether oxygens (including phenoxy) is 2. The molecule has 8 heteroatoms. The first-order valence-corrected chi connectivity index (χ1v) is 11.1. The highest BCUT2D eigenvalue weighted by Crippen LogP contribution is 2.24. The number of nitrogens with one attached hydrogen (secondary N) is 2. The Morgan fingerprint density at radius 1 is 1.09 bits per heavy atom. The highest BCUT2D eigenvalue weighted by Gasteiger charge is 2.29. The standard InChI is InChI=1S/C25H34N4O3.HI/c1-26-25(27-13-11-21-16-22(31-2)9-10-23(21)32-3)28-17-20-15-24(30)29(18-20)14-12-19-7-5-4-6-8-19;/h4-10,16,20H,11-15,17-18H2,1-3H3,(H2,26,27,28);1H. The van der Waals surface area contributed by atoms with E-state index >= 15 is 0 Å². The second-order valence-corrected chi connectivity index (χ2v) is 7.95. The molecule has 33 heavy (non-hydrogen) atoms. The van der Waals surface area contributed by atoms with E-state index in [0.717, 1.165) is 55.5 Å². The van der Waals surface area contributed by atoms with E-state index in [-0.39, 0.29) is 35.8 Å². The van der Waals surface area contributed by atoms with Gasteiger partial charge in [0.2, 0.25) is 5.91 Å². The van der Waals surface area contributed by atoms with E-state index in [1.807, 2.05) is 41.3 Å². The van der Waals surface area contributed by atoms with Crippen LogP contribution in [0.3, 0.4) is 0 Å². The van der Waals surface area contributed by atoms with Crippen molar-refractivity contribution in [3.8, 4) is 11.5 Å². The van der Waals surface area contributed by atoms with E-state index < -0.39 is 0 Å². The van der Waals surface area contributed by atoms with Crippen LogP contribution in [0, 0.1) is 5.92 Å². The molecule has 7 nitrogen and oxygen atoms in total. The summed E-state index contributed by atoms with van der Waals surface area (Å²) in [6, 6.07) is 16.1. The van der Waals surface area contributed by atoms with Crippen LogP contribution < -0.4 is 20.1 Å². The number of nitrogens with zero attached hydrogens (tertiary/aromatic N) is 2. The van der Waals surface area contributed by atoms with Gasteiger partial charge in [-0.25, -0.2) is 0 Å². The number of rotatable bonds is 10. The van der Waals surface area contributed by atoms with Crippen molar-refractivity contribution in [1.82, 2.24) is 15.5 Å². The molecule has 0 aliphatic carbocycles. The number of methoxy groups -OCH3 is 2. The highest BCUT2D eigenvalue weighted by molar-refractivity contribution is 14.0. The smallest absolute Gasteiger partial charge is 0.223 e. The van der Waals surface area contributed by atoms with Crippen LogP contribution in [0.15, 0.2) is 53.5 Å². The van der Waals surface area contributed by atoms with Gasteiger partial charge in [0.25, 0.3) is 0 Å². The summed E-state index contributed by atoms with van der Waals surface area (Å²) < 4.78 is 10.8. The van der Waals surface area contributed by atoms with Crippen LogP contribution in [0.4, 0.5) is 0 Å². The molecule has 0 bridgehead atoms. The minimum absolute atomic E-state index is 0. The third-order valence-corrected chi connectivity index (χ3v) is 5.76. The summed E-state index contributed by atoms with van der Waals surface area (Å²) in [5.74, 6) is 2.92. The van der Waals surface area contributed by atoms with Crippen LogP contribution >= 0.6 is 24.0 Å². The number of guanidine groups is 1. The Balaban J connectivity index is 0.00000385. The summed E-state index contributed by atoms with van der Waals surface area (Å²) in [6.45, 7) is 2.98. The fourth-order valence-electron chi connectivity index (χ4n) is 3.97. The van der Waals surface area contributed by atoms with Gasteiger partial charge in [0.15, 0.2) is 5.96 Å². The first-order valence-electron chi connectivity index (χ1n) is 11.1. The predicted octanol–water partition coefficient (Wildman–Crippen LogP) is 3.12. The molecular weight excluding hydrogens is 531 g/mol. The molecular formula is C25H35IN4O3. The molecule has 2 N–H and O–H groups in total. The Hall–Kier alpha value is -2.49. The Labute approximate surface area is 214 Å². The third kappa shape index (κ3) is 8.10. The molecule has 180 valence electrons. The molecule has 0 radical (unpaired) electrons. The molecule has 1 unspecified atom stereocenters. The van der Waals surface area contributed by atoms with Crippen LogP contribution in [-0.4, -0.2) is 64.2 Å². The molecule has 0 spiro atoms. The molecule has 0 saturated carbocycles. The van der Waals surface area contributed by atoms with Gasteiger partial charge in [0, 0.05) is 45.6 Å². The Morgan fingerprint density at radius 2 is 1.88 bits per heavy atom. The van der Waals surface area contributed by atoms with Crippen molar-refractivity contribution in [2.75, 3.05) is 47.4 Å². The summed E-state index contributed by atoms with van der Waals surface area (Å²) in [5, 5.41) is 6.71. The highest BCUT2D eigenvalue weighted by atomic mass is 127. The van der Waals surface area contributed by atoms with Gasteiger partial charge in [0.1, 0.15) is 11.5 Å². The lowest BCUT2D eigenvalue weighted by molar-refractivity contribution is -0.127. The summed E-state index contributed by atoms with van der Waals surface area (Å²) in [7, 11) is 5.09. The number of halogens is 1. The van der Waals surface area contributed by atoms with E-state index in [4.69, 9.17) is 9.47 Å². The number of hydrogen-bond acceptors (Lipinski definition) is 4. The number of benzene rings is 2. The predicted molar refractivity (Wildman–Crippen MR) is 143 cm³/mol. The number of likely N-dealkylation sites (tertiary alicyclic amines) is 1. The Bertz CT molecular complexity index is 908. The van der Waals surface area contributed by atoms with Gasteiger partial charge in [-0.1, -0.05) is 30.3 Å². The van der Waals surface area contributed by atoms with Crippen molar-refractivity contribution in [3.63, 3.8) is 0 Å². The zero-order valence-corrected chi connectivity index (χ0v) is 22.0. The Morgan fingerprint density at radius 3 is 2.58 bits per heavy atom. The molecule has 0 aromatic heterocycles. The van der Waals surface area contributed by atoms with Gasteiger partial charge >= 0.3 is 0 Å². The minimum Gasteiger partial charge on any atom is -0.497 e.